The predicted octanol–water partition coefficient (Wildman–Crippen LogP) is 2.25. The first-order chi connectivity index (χ1) is 11.8. The van der Waals surface area contributed by atoms with Crippen LogP contribution in [-0.2, 0) is 9.47 Å². The van der Waals surface area contributed by atoms with Crippen molar-refractivity contribution in [1.82, 2.24) is 0 Å². The van der Waals surface area contributed by atoms with Crippen molar-refractivity contribution in [2.75, 3.05) is 19.8 Å². The zero-order valence-electron chi connectivity index (χ0n) is 14.0. The molecule has 1 aromatic carbocycles. The van der Waals surface area contributed by atoms with E-state index in [0.717, 1.165) is 36.3 Å². The van der Waals surface area contributed by atoms with Gasteiger partial charge in [0.2, 0.25) is 0 Å². The van der Waals surface area contributed by atoms with Crippen molar-refractivity contribution in [2.24, 2.45) is 21.9 Å². The normalized spacial score (nSPS) is 19.3. The molecule has 24 heavy (non-hydrogen) atoms. The van der Waals surface area contributed by atoms with Crippen LogP contribution in [0.15, 0.2) is 28.3 Å². The van der Waals surface area contributed by atoms with Gasteiger partial charge >= 0.3 is 0 Å². The Morgan fingerprint density at radius 3 is 2.79 bits per heavy atom. The molecule has 0 unspecified atom stereocenters. The van der Waals surface area contributed by atoms with E-state index in [-0.39, 0.29) is 6.29 Å². The second-order valence-corrected chi connectivity index (χ2v) is 6.11. The highest BCUT2D eigenvalue weighted by molar-refractivity contribution is 6.38. The SMILES string of the molecule is Cc1cc(C#CC2CC2)ccc1/C(C=NCC1OCCCO1)=N/N. The van der Waals surface area contributed by atoms with E-state index in [1.165, 1.54) is 12.8 Å². The standard InChI is InChI=1S/C19H23N3O2/c1-14-11-16(6-5-15-3-4-15)7-8-17(14)18(22-20)12-21-13-19-23-9-2-10-24-19/h7-8,11-12,15,19H,2-4,9-10,13,20H2,1H3/b21-12?,22-18+. The van der Waals surface area contributed by atoms with Gasteiger partial charge in [-0.1, -0.05) is 17.9 Å². The highest BCUT2D eigenvalue weighted by Gasteiger charge is 2.17. The van der Waals surface area contributed by atoms with Gasteiger partial charge in [0, 0.05) is 23.3 Å². The molecule has 2 fully saturated rings. The number of hydrogen-bond donors (Lipinski definition) is 1. The number of aryl methyl sites for hydroxylation is 1. The van der Waals surface area contributed by atoms with Crippen molar-refractivity contribution in [3.05, 3.63) is 34.9 Å². The lowest BCUT2D eigenvalue weighted by Crippen LogP contribution is -2.27. The van der Waals surface area contributed by atoms with Gasteiger partial charge in [0.05, 0.1) is 19.8 Å². The third kappa shape index (κ3) is 4.67. The topological polar surface area (TPSA) is 69.2 Å². The van der Waals surface area contributed by atoms with Crippen LogP contribution in [0.2, 0.25) is 0 Å². The lowest BCUT2D eigenvalue weighted by Gasteiger charge is -2.21. The number of benzene rings is 1. The third-order valence-corrected chi connectivity index (χ3v) is 4.00. The second-order valence-electron chi connectivity index (χ2n) is 6.11. The fraction of sp³-hybridized carbons (Fsp3) is 0.474. The molecule has 1 aliphatic heterocycles. The van der Waals surface area contributed by atoms with Gasteiger partial charge in [0.15, 0.2) is 6.29 Å². The average Bonchev–Trinajstić information content (AvgIpc) is 3.43. The molecule has 1 heterocycles. The van der Waals surface area contributed by atoms with E-state index in [9.17, 15) is 0 Å². The molecule has 2 aliphatic rings. The van der Waals surface area contributed by atoms with E-state index < -0.39 is 0 Å². The number of ether oxygens (including phenoxy) is 2. The van der Waals surface area contributed by atoms with Crippen LogP contribution >= 0.6 is 0 Å². The minimum Gasteiger partial charge on any atom is -0.351 e. The Labute approximate surface area is 142 Å². The van der Waals surface area contributed by atoms with Crippen LogP contribution in [0.1, 0.15) is 36.0 Å². The van der Waals surface area contributed by atoms with Gasteiger partial charge in [-0.3, -0.25) is 4.99 Å². The molecule has 0 spiro atoms. The molecular formula is C19H23N3O2. The largest absolute Gasteiger partial charge is 0.351 e. The number of nitrogens with two attached hydrogens (primary N) is 1. The summed E-state index contributed by atoms with van der Waals surface area (Å²) in [6.07, 6.45) is 4.82. The van der Waals surface area contributed by atoms with Crippen molar-refractivity contribution in [2.45, 2.75) is 32.5 Å². The number of aliphatic imine (C=N–C) groups is 1. The first-order valence-electron chi connectivity index (χ1n) is 8.40. The minimum atomic E-state index is -0.268. The molecule has 0 bridgehead atoms. The van der Waals surface area contributed by atoms with Gasteiger partial charge in [-0.15, -0.1) is 0 Å². The molecule has 0 radical (unpaired) electrons. The van der Waals surface area contributed by atoms with Gasteiger partial charge in [0.25, 0.3) is 0 Å². The van der Waals surface area contributed by atoms with Crippen LogP contribution in [0.3, 0.4) is 0 Å². The average molecular weight is 325 g/mol. The van der Waals surface area contributed by atoms with E-state index in [0.29, 0.717) is 18.2 Å². The first kappa shape index (κ1) is 16.7. The van der Waals surface area contributed by atoms with Crippen LogP contribution in [0.5, 0.6) is 0 Å². The summed E-state index contributed by atoms with van der Waals surface area (Å²) in [6.45, 7) is 3.92. The molecular weight excluding hydrogens is 302 g/mol. The molecule has 1 saturated heterocycles. The summed E-state index contributed by atoms with van der Waals surface area (Å²) in [7, 11) is 0. The van der Waals surface area contributed by atoms with E-state index >= 15 is 0 Å². The summed E-state index contributed by atoms with van der Waals surface area (Å²) in [6, 6.07) is 6.07. The summed E-state index contributed by atoms with van der Waals surface area (Å²) < 4.78 is 10.9. The second kappa shape index (κ2) is 8.09. The quantitative estimate of drug-likeness (QED) is 0.399. The van der Waals surface area contributed by atoms with Crippen LogP contribution < -0.4 is 5.84 Å². The van der Waals surface area contributed by atoms with Crippen LogP contribution in [0, 0.1) is 24.7 Å². The van der Waals surface area contributed by atoms with Crippen LogP contribution in [0.25, 0.3) is 0 Å². The molecule has 5 heteroatoms. The molecule has 5 nitrogen and oxygen atoms in total. The van der Waals surface area contributed by atoms with Gasteiger partial charge in [-0.25, -0.2) is 0 Å². The van der Waals surface area contributed by atoms with E-state index in [4.69, 9.17) is 15.3 Å². The Kier molecular flexibility index (Phi) is 5.63. The highest BCUT2D eigenvalue weighted by Crippen LogP contribution is 2.27. The molecule has 0 atom stereocenters. The Balaban J connectivity index is 1.65. The highest BCUT2D eigenvalue weighted by atomic mass is 16.7. The van der Waals surface area contributed by atoms with Gasteiger partial charge in [-0.05, 0) is 43.9 Å². The monoisotopic (exact) mass is 325 g/mol. The molecule has 1 aliphatic carbocycles. The fourth-order valence-electron chi connectivity index (χ4n) is 2.48. The maximum absolute atomic E-state index is 5.54. The lowest BCUT2D eigenvalue weighted by molar-refractivity contribution is -0.171. The summed E-state index contributed by atoms with van der Waals surface area (Å²) in [4.78, 5) is 4.36. The smallest absolute Gasteiger partial charge is 0.176 e. The van der Waals surface area contributed by atoms with E-state index in [1.807, 2.05) is 19.1 Å². The number of hydrazone groups is 1. The van der Waals surface area contributed by atoms with Gasteiger partial charge < -0.3 is 15.3 Å². The molecule has 126 valence electrons. The van der Waals surface area contributed by atoms with Crippen LogP contribution in [-0.4, -0.2) is 38.0 Å². The maximum atomic E-state index is 5.54. The Hall–Kier alpha value is -2.16. The molecule has 1 aromatic rings. The fourth-order valence-corrected chi connectivity index (χ4v) is 2.48. The summed E-state index contributed by atoms with van der Waals surface area (Å²) in [5.41, 5.74) is 3.72. The van der Waals surface area contributed by atoms with Gasteiger partial charge in [0.1, 0.15) is 5.71 Å². The van der Waals surface area contributed by atoms with Crippen molar-refractivity contribution in [3.8, 4) is 11.8 Å². The lowest BCUT2D eigenvalue weighted by atomic mass is 10.0. The Bertz CT molecular complexity index is 690. The number of rotatable bonds is 4. The zero-order valence-corrected chi connectivity index (χ0v) is 14.0. The number of hydrogen-bond acceptors (Lipinski definition) is 5. The molecule has 3 rings (SSSR count). The summed E-state index contributed by atoms with van der Waals surface area (Å²) >= 11 is 0. The van der Waals surface area contributed by atoms with E-state index in [1.54, 1.807) is 6.21 Å². The van der Waals surface area contributed by atoms with E-state index in [2.05, 4.69) is 28.0 Å². The maximum Gasteiger partial charge on any atom is 0.176 e. The molecule has 2 N–H and O–H groups in total. The first-order valence-corrected chi connectivity index (χ1v) is 8.40. The van der Waals surface area contributed by atoms with Crippen molar-refractivity contribution in [1.29, 1.82) is 0 Å². The zero-order chi connectivity index (χ0) is 16.8. The van der Waals surface area contributed by atoms with Crippen LogP contribution in [0.4, 0.5) is 0 Å². The van der Waals surface area contributed by atoms with Crippen molar-refractivity contribution >= 4 is 11.9 Å². The summed E-state index contributed by atoms with van der Waals surface area (Å²) in [5, 5.41) is 3.87. The predicted molar refractivity (Wildman–Crippen MR) is 95.2 cm³/mol. The van der Waals surface area contributed by atoms with Gasteiger partial charge in [-0.2, -0.15) is 5.10 Å². The van der Waals surface area contributed by atoms with Crippen molar-refractivity contribution < 1.29 is 9.47 Å². The molecule has 1 saturated carbocycles. The third-order valence-electron chi connectivity index (χ3n) is 4.00. The molecule has 0 amide bonds. The van der Waals surface area contributed by atoms with Crippen molar-refractivity contribution in [3.63, 3.8) is 0 Å². The Morgan fingerprint density at radius 2 is 2.12 bits per heavy atom. The summed E-state index contributed by atoms with van der Waals surface area (Å²) in [5.74, 6) is 12.6. The Morgan fingerprint density at radius 1 is 1.33 bits per heavy atom. The molecule has 0 aromatic heterocycles. The number of nitrogens with zero attached hydrogens (tertiary/aromatic N) is 2. The minimum absolute atomic E-state index is 0.268.